The summed E-state index contributed by atoms with van der Waals surface area (Å²) in [7, 11) is 7.13. The minimum Gasteiger partial charge on any atom is -0.400 e. The molecular weight excluding hydrogens is 614 g/mol. The van der Waals surface area contributed by atoms with Crippen LogP contribution in [0, 0.1) is 29.0 Å². The number of thioether (sulfide) groups is 1. The SMILES string of the molecule is C=c1c(P)c(-c2ncc(F)c3c2C(C#N)=C(N)CS3)c2c(/c1=C/N=C(C)N(CCC)CC(CN(C)C)C1CCC1)COC2.CCC. The lowest BCUT2D eigenvalue weighted by molar-refractivity contribution is 0.134. The molecule has 248 valence electrons. The van der Waals surface area contributed by atoms with E-state index in [-0.39, 0.29) is 5.57 Å². The average Bonchev–Trinajstić information content (AvgIpc) is 3.46. The molecule has 3 heterocycles. The molecule has 2 N–H and O–H groups in total. The van der Waals surface area contributed by atoms with Crippen LogP contribution in [0.25, 0.3) is 29.6 Å². The molecule has 7 nitrogen and oxygen atoms in total. The molecule has 5 rings (SSSR count). The van der Waals surface area contributed by atoms with Gasteiger partial charge in [-0.15, -0.1) is 21.0 Å². The van der Waals surface area contributed by atoms with E-state index in [1.807, 2.05) is 6.20 Å². The van der Waals surface area contributed by atoms with Crippen LogP contribution in [-0.2, 0) is 18.0 Å². The lowest BCUT2D eigenvalue weighted by Gasteiger charge is -2.39. The van der Waals surface area contributed by atoms with Gasteiger partial charge in [-0.25, -0.2) is 9.38 Å². The summed E-state index contributed by atoms with van der Waals surface area (Å²) >= 11 is 1.30. The lowest BCUT2D eigenvalue weighted by atomic mass is 9.75. The van der Waals surface area contributed by atoms with E-state index in [4.69, 9.17) is 15.5 Å². The highest BCUT2D eigenvalue weighted by atomic mass is 32.2. The number of amidine groups is 1. The fraction of sp³-hybridized carbons (Fsp3) is 0.528. The summed E-state index contributed by atoms with van der Waals surface area (Å²) in [6, 6.07) is 2.20. The first kappa shape index (κ1) is 36.1. The summed E-state index contributed by atoms with van der Waals surface area (Å²) in [4.78, 5) is 14.7. The van der Waals surface area contributed by atoms with E-state index >= 15 is 0 Å². The van der Waals surface area contributed by atoms with Crippen molar-refractivity contribution in [2.75, 3.05) is 39.5 Å². The highest BCUT2D eigenvalue weighted by molar-refractivity contribution is 7.99. The second-order valence-electron chi connectivity index (χ2n) is 12.8. The van der Waals surface area contributed by atoms with Gasteiger partial charge in [0.05, 0.1) is 35.6 Å². The van der Waals surface area contributed by atoms with Crippen molar-refractivity contribution in [1.82, 2.24) is 14.8 Å². The van der Waals surface area contributed by atoms with Gasteiger partial charge >= 0.3 is 0 Å². The molecule has 0 radical (unpaired) electrons. The third kappa shape index (κ3) is 7.68. The maximum absolute atomic E-state index is 14.9. The Morgan fingerprint density at radius 3 is 2.57 bits per heavy atom. The van der Waals surface area contributed by atoms with Gasteiger partial charge in [0.2, 0.25) is 0 Å². The normalized spacial score (nSPS) is 17.2. The summed E-state index contributed by atoms with van der Waals surface area (Å²) < 4.78 is 20.9. The number of allylic oxidation sites excluding steroid dienone is 1. The van der Waals surface area contributed by atoms with Crippen molar-refractivity contribution in [3.05, 3.63) is 44.8 Å². The second-order valence-corrected chi connectivity index (χ2v) is 14.3. The number of ether oxygens (including phenoxy) is 1. The van der Waals surface area contributed by atoms with Crippen LogP contribution in [0.3, 0.4) is 0 Å². The second kappa shape index (κ2) is 16.4. The predicted molar refractivity (Wildman–Crippen MR) is 194 cm³/mol. The third-order valence-electron chi connectivity index (χ3n) is 8.89. The zero-order valence-corrected chi connectivity index (χ0v) is 30.4. The molecule has 2 aromatic rings. The molecule has 2 aliphatic heterocycles. The maximum Gasteiger partial charge on any atom is 0.155 e. The number of nitriles is 1. The van der Waals surface area contributed by atoms with E-state index in [0.717, 1.165) is 70.2 Å². The van der Waals surface area contributed by atoms with Gasteiger partial charge in [-0.05, 0) is 60.9 Å². The smallest absolute Gasteiger partial charge is 0.155 e. The quantitative estimate of drug-likeness (QED) is 0.219. The molecule has 3 aliphatic rings. The largest absolute Gasteiger partial charge is 0.400 e. The Morgan fingerprint density at radius 2 is 1.96 bits per heavy atom. The number of aliphatic imine (C=N–C) groups is 1. The number of pyridine rings is 1. The fourth-order valence-corrected chi connectivity index (χ4v) is 7.86. The Hall–Kier alpha value is -2.76. The number of hydrogen-bond acceptors (Lipinski definition) is 7. The molecule has 10 heteroatoms. The lowest BCUT2D eigenvalue weighted by Crippen LogP contribution is -2.42. The number of benzene rings is 1. The van der Waals surface area contributed by atoms with Gasteiger partial charge in [0.25, 0.3) is 0 Å². The predicted octanol–water partition coefficient (Wildman–Crippen LogP) is 5.39. The van der Waals surface area contributed by atoms with Crippen molar-refractivity contribution in [1.29, 1.82) is 5.26 Å². The molecule has 1 saturated carbocycles. The highest BCUT2D eigenvalue weighted by Crippen LogP contribution is 2.43. The van der Waals surface area contributed by atoms with E-state index in [1.165, 1.54) is 43.6 Å². The summed E-state index contributed by atoms with van der Waals surface area (Å²) in [6.07, 6.45) is 9.45. The van der Waals surface area contributed by atoms with Crippen LogP contribution in [0.2, 0.25) is 0 Å². The molecular formula is C36H50FN6OPS. The number of nitrogens with two attached hydrogens (primary N) is 1. The van der Waals surface area contributed by atoms with Crippen molar-refractivity contribution in [2.24, 2.45) is 22.6 Å². The third-order valence-corrected chi connectivity index (χ3v) is 10.7. The van der Waals surface area contributed by atoms with E-state index in [1.54, 1.807) is 0 Å². The van der Waals surface area contributed by atoms with Crippen molar-refractivity contribution < 1.29 is 9.13 Å². The van der Waals surface area contributed by atoms with Gasteiger partial charge in [0.15, 0.2) is 5.82 Å². The molecule has 0 bridgehead atoms. The molecule has 1 fully saturated rings. The summed E-state index contributed by atoms with van der Waals surface area (Å²) in [5.74, 6) is 2.31. The first-order chi connectivity index (χ1) is 22.1. The zero-order valence-electron chi connectivity index (χ0n) is 28.4. The number of fused-ring (bicyclic) bond motifs is 2. The highest BCUT2D eigenvalue weighted by Gasteiger charge is 2.31. The molecule has 0 saturated heterocycles. The van der Waals surface area contributed by atoms with E-state index in [9.17, 15) is 9.65 Å². The van der Waals surface area contributed by atoms with Crippen LogP contribution in [0.1, 0.15) is 76.5 Å². The Balaban J connectivity index is 0.00000154. The van der Waals surface area contributed by atoms with Gasteiger partial charge in [0.1, 0.15) is 11.9 Å². The van der Waals surface area contributed by atoms with Gasteiger partial charge < -0.3 is 20.3 Å². The number of rotatable bonds is 9. The molecule has 46 heavy (non-hydrogen) atoms. The average molecular weight is 665 g/mol. The number of hydrogen-bond donors (Lipinski definition) is 1. The van der Waals surface area contributed by atoms with Crippen molar-refractivity contribution in [3.63, 3.8) is 0 Å². The molecule has 0 spiro atoms. The fourth-order valence-electron chi connectivity index (χ4n) is 6.42. The number of aromatic nitrogens is 1. The Morgan fingerprint density at radius 1 is 1.26 bits per heavy atom. The summed E-state index contributed by atoms with van der Waals surface area (Å²) in [5, 5.41) is 12.5. The van der Waals surface area contributed by atoms with Crippen molar-refractivity contribution in [2.45, 2.75) is 77.9 Å². The van der Waals surface area contributed by atoms with Crippen LogP contribution in [0.5, 0.6) is 0 Å². The molecule has 1 aromatic heterocycles. The molecule has 0 amide bonds. The van der Waals surface area contributed by atoms with Gasteiger partial charge in [0, 0.05) is 53.6 Å². The van der Waals surface area contributed by atoms with E-state index in [2.05, 4.69) is 78.5 Å². The van der Waals surface area contributed by atoms with E-state index < -0.39 is 5.82 Å². The first-order valence-electron chi connectivity index (χ1n) is 16.4. The van der Waals surface area contributed by atoms with Crippen LogP contribution < -0.4 is 21.5 Å². The number of halogens is 1. The Labute approximate surface area is 281 Å². The standard InChI is InChI=1S/C33H42FN6OPS.C3H8/c1-6-10-40(15-22(14-39(4)5)21-8-7-9-21)20(3)37-12-24-19(2)32(42)29(26-17-41-16-25(24)26)31-30-23(11-35)28(36)18-43-33(30)27(34)13-38-31;1-3-2/h12-13,21-22H,2,6-10,14-18,36,42H2,1,3-5H3;3H2,1-2H3/b24-12+,37-20?;. The van der Waals surface area contributed by atoms with Crippen LogP contribution in [0.15, 0.2) is 21.8 Å². The first-order valence-corrected chi connectivity index (χ1v) is 18.0. The molecule has 1 aliphatic carbocycles. The van der Waals surface area contributed by atoms with Crippen molar-refractivity contribution >= 4 is 50.5 Å². The van der Waals surface area contributed by atoms with Crippen LogP contribution in [-0.4, -0.2) is 60.1 Å². The van der Waals surface area contributed by atoms with Gasteiger partial charge in [-0.1, -0.05) is 53.0 Å². The Kier molecular flexibility index (Phi) is 12.8. The molecule has 1 aromatic carbocycles. The molecule has 2 unspecified atom stereocenters. The summed E-state index contributed by atoms with van der Waals surface area (Å²) in [5.41, 5.74) is 10.7. The topological polar surface area (TPSA) is 90.8 Å². The zero-order chi connectivity index (χ0) is 33.5. The Bertz CT molecular complexity index is 1650. The monoisotopic (exact) mass is 664 g/mol. The van der Waals surface area contributed by atoms with Gasteiger partial charge in [-0.2, -0.15) is 5.26 Å². The maximum atomic E-state index is 14.9. The minimum absolute atomic E-state index is 0.278. The summed E-state index contributed by atoms with van der Waals surface area (Å²) in [6.45, 7) is 16.9. The molecule has 2 atom stereocenters. The minimum atomic E-state index is -0.450. The van der Waals surface area contributed by atoms with Crippen LogP contribution >= 0.6 is 21.0 Å². The van der Waals surface area contributed by atoms with Crippen LogP contribution in [0.4, 0.5) is 4.39 Å². The van der Waals surface area contributed by atoms with E-state index in [0.29, 0.717) is 46.7 Å². The van der Waals surface area contributed by atoms with Gasteiger partial charge in [-0.3, -0.25) is 4.98 Å². The number of nitrogens with zero attached hydrogens (tertiary/aromatic N) is 5. The van der Waals surface area contributed by atoms with Crippen molar-refractivity contribution in [3.8, 4) is 17.3 Å².